The average Bonchev–Trinajstić information content (AvgIpc) is 2.57. The molecule has 0 aromatic carbocycles. The van der Waals surface area contributed by atoms with E-state index in [1.807, 2.05) is 0 Å². The normalized spacial score (nSPS) is 28.8. The Kier molecular flexibility index (Phi) is 3.85. The van der Waals surface area contributed by atoms with Crippen LogP contribution in [-0.4, -0.2) is 18.6 Å². The van der Waals surface area contributed by atoms with Crippen LogP contribution < -0.4 is 0 Å². The summed E-state index contributed by atoms with van der Waals surface area (Å²) in [5, 5.41) is 0. The highest BCUT2D eigenvalue weighted by Crippen LogP contribution is 2.32. The van der Waals surface area contributed by atoms with Gasteiger partial charge in [0.15, 0.2) is 0 Å². The third-order valence-corrected chi connectivity index (χ3v) is 3.57. The Morgan fingerprint density at radius 3 is 2.75 bits per heavy atom. The zero-order valence-corrected chi connectivity index (χ0v) is 8.86. The summed E-state index contributed by atoms with van der Waals surface area (Å²) in [7, 11) is 0. The molecule has 1 fully saturated rings. The molecular formula is C10H19ClO. The summed E-state index contributed by atoms with van der Waals surface area (Å²) >= 11 is 5.93. The van der Waals surface area contributed by atoms with Crippen LogP contribution in [0.15, 0.2) is 0 Å². The lowest BCUT2D eigenvalue weighted by Crippen LogP contribution is -2.24. The van der Waals surface area contributed by atoms with Crippen molar-refractivity contribution in [3.05, 3.63) is 0 Å². The van der Waals surface area contributed by atoms with Crippen molar-refractivity contribution in [3.63, 3.8) is 0 Å². The SMILES string of the molecule is CCC(C)(CCl)C[C@@H]1CCCO1. The van der Waals surface area contributed by atoms with Crippen LogP contribution in [0.4, 0.5) is 0 Å². The minimum Gasteiger partial charge on any atom is -0.378 e. The lowest BCUT2D eigenvalue weighted by atomic mass is 9.83. The van der Waals surface area contributed by atoms with E-state index in [-0.39, 0.29) is 5.41 Å². The van der Waals surface area contributed by atoms with Crippen molar-refractivity contribution < 1.29 is 4.74 Å². The molecule has 2 heteroatoms. The molecule has 72 valence electrons. The van der Waals surface area contributed by atoms with E-state index in [2.05, 4.69) is 13.8 Å². The standard InChI is InChI=1S/C10H19ClO/c1-3-10(2,8-11)7-9-5-4-6-12-9/h9H,3-8H2,1-2H3/t9-,10?/m0/s1. The number of hydrogen-bond donors (Lipinski definition) is 0. The summed E-state index contributed by atoms with van der Waals surface area (Å²) in [5.74, 6) is 0.753. The predicted molar refractivity (Wildman–Crippen MR) is 52.7 cm³/mol. The molecule has 0 aromatic rings. The molecule has 0 spiro atoms. The molecule has 1 heterocycles. The molecule has 0 amide bonds. The third kappa shape index (κ3) is 2.63. The Hall–Kier alpha value is 0.250. The number of ether oxygens (including phenoxy) is 1. The first kappa shape index (κ1) is 10.3. The van der Waals surface area contributed by atoms with Gasteiger partial charge < -0.3 is 4.74 Å². The third-order valence-electron chi connectivity index (χ3n) is 2.92. The monoisotopic (exact) mass is 190 g/mol. The average molecular weight is 191 g/mol. The molecule has 1 unspecified atom stereocenters. The van der Waals surface area contributed by atoms with Crippen molar-refractivity contribution in [2.45, 2.75) is 45.6 Å². The number of alkyl halides is 1. The van der Waals surface area contributed by atoms with Crippen molar-refractivity contribution in [1.29, 1.82) is 0 Å². The zero-order valence-electron chi connectivity index (χ0n) is 8.11. The highest BCUT2D eigenvalue weighted by atomic mass is 35.5. The summed E-state index contributed by atoms with van der Waals surface area (Å²) in [4.78, 5) is 0. The fourth-order valence-corrected chi connectivity index (χ4v) is 1.95. The van der Waals surface area contributed by atoms with E-state index in [0.717, 1.165) is 25.3 Å². The minimum atomic E-state index is 0.288. The highest BCUT2D eigenvalue weighted by molar-refractivity contribution is 6.18. The second kappa shape index (κ2) is 4.48. The summed E-state index contributed by atoms with van der Waals surface area (Å²) < 4.78 is 5.59. The van der Waals surface area contributed by atoms with Gasteiger partial charge >= 0.3 is 0 Å². The molecule has 0 radical (unpaired) electrons. The maximum absolute atomic E-state index is 5.93. The second-order valence-corrected chi connectivity index (χ2v) is 4.40. The first-order valence-electron chi connectivity index (χ1n) is 4.88. The van der Waals surface area contributed by atoms with Crippen molar-refractivity contribution in [2.24, 2.45) is 5.41 Å². The minimum absolute atomic E-state index is 0.288. The van der Waals surface area contributed by atoms with E-state index in [9.17, 15) is 0 Å². The number of halogens is 1. The Bertz CT molecular complexity index is 126. The van der Waals surface area contributed by atoms with Crippen molar-refractivity contribution >= 4 is 11.6 Å². The van der Waals surface area contributed by atoms with Crippen LogP contribution >= 0.6 is 11.6 Å². The Labute approximate surface area is 80.4 Å². The predicted octanol–water partition coefficient (Wildman–Crippen LogP) is 3.21. The van der Waals surface area contributed by atoms with Crippen LogP contribution in [-0.2, 0) is 4.74 Å². The van der Waals surface area contributed by atoms with E-state index < -0.39 is 0 Å². The largest absolute Gasteiger partial charge is 0.378 e. The topological polar surface area (TPSA) is 9.23 Å². The smallest absolute Gasteiger partial charge is 0.0581 e. The van der Waals surface area contributed by atoms with Gasteiger partial charge in [0.05, 0.1) is 6.10 Å². The fraction of sp³-hybridized carbons (Fsp3) is 1.00. The van der Waals surface area contributed by atoms with Crippen LogP contribution in [0.3, 0.4) is 0 Å². The number of hydrogen-bond acceptors (Lipinski definition) is 1. The van der Waals surface area contributed by atoms with E-state index in [0.29, 0.717) is 6.10 Å². The Morgan fingerprint density at radius 2 is 2.33 bits per heavy atom. The molecule has 0 N–H and O–H groups in total. The van der Waals surface area contributed by atoms with Gasteiger partial charge in [0, 0.05) is 12.5 Å². The van der Waals surface area contributed by atoms with Crippen molar-refractivity contribution in [3.8, 4) is 0 Å². The van der Waals surface area contributed by atoms with Gasteiger partial charge in [-0.25, -0.2) is 0 Å². The summed E-state index contributed by atoms with van der Waals surface area (Å²) in [6.45, 7) is 5.41. The molecule has 0 aliphatic carbocycles. The molecule has 0 bridgehead atoms. The van der Waals surface area contributed by atoms with Gasteiger partial charge in [0.25, 0.3) is 0 Å². The molecule has 1 aliphatic rings. The maximum Gasteiger partial charge on any atom is 0.0581 e. The molecule has 1 rings (SSSR count). The molecule has 0 saturated carbocycles. The molecule has 1 aliphatic heterocycles. The van der Waals surface area contributed by atoms with Crippen LogP contribution in [0.1, 0.15) is 39.5 Å². The van der Waals surface area contributed by atoms with Crippen LogP contribution in [0, 0.1) is 5.41 Å². The van der Waals surface area contributed by atoms with Gasteiger partial charge in [-0.3, -0.25) is 0 Å². The van der Waals surface area contributed by atoms with Crippen molar-refractivity contribution in [1.82, 2.24) is 0 Å². The van der Waals surface area contributed by atoms with Crippen LogP contribution in [0.5, 0.6) is 0 Å². The first-order valence-corrected chi connectivity index (χ1v) is 5.41. The summed E-state index contributed by atoms with van der Waals surface area (Å²) in [6.07, 6.45) is 5.22. The lowest BCUT2D eigenvalue weighted by molar-refractivity contribution is 0.0713. The molecule has 1 saturated heterocycles. The number of rotatable bonds is 4. The van der Waals surface area contributed by atoms with Gasteiger partial charge in [0.1, 0.15) is 0 Å². The second-order valence-electron chi connectivity index (χ2n) is 4.14. The molecule has 2 atom stereocenters. The quantitative estimate of drug-likeness (QED) is 0.619. The van der Waals surface area contributed by atoms with Gasteiger partial charge in [-0.1, -0.05) is 13.8 Å². The maximum atomic E-state index is 5.93. The van der Waals surface area contributed by atoms with E-state index in [4.69, 9.17) is 16.3 Å². The zero-order chi connectivity index (χ0) is 9.03. The van der Waals surface area contributed by atoms with Crippen LogP contribution in [0.25, 0.3) is 0 Å². The van der Waals surface area contributed by atoms with Gasteiger partial charge in [-0.05, 0) is 31.1 Å². The van der Waals surface area contributed by atoms with Gasteiger partial charge in [0.2, 0.25) is 0 Å². The lowest BCUT2D eigenvalue weighted by Gasteiger charge is -2.28. The Balaban J connectivity index is 2.35. The van der Waals surface area contributed by atoms with E-state index in [1.54, 1.807) is 0 Å². The fourth-order valence-electron chi connectivity index (χ4n) is 1.65. The summed E-state index contributed by atoms with van der Waals surface area (Å²) in [6, 6.07) is 0. The van der Waals surface area contributed by atoms with Crippen molar-refractivity contribution in [2.75, 3.05) is 12.5 Å². The van der Waals surface area contributed by atoms with E-state index >= 15 is 0 Å². The van der Waals surface area contributed by atoms with E-state index in [1.165, 1.54) is 12.8 Å². The first-order chi connectivity index (χ1) is 5.70. The molecular weight excluding hydrogens is 172 g/mol. The van der Waals surface area contributed by atoms with Gasteiger partial charge in [-0.2, -0.15) is 0 Å². The molecule has 12 heavy (non-hydrogen) atoms. The van der Waals surface area contributed by atoms with Gasteiger partial charge in [-0.15, -0.1) is 11.6 Å². The summed E-state index contributed by atoms with van der Waals surface area (Å²) in [5.41, 5.74) is 0.288. The highest BCUT2D eigenvalue weighted by Gasteiger charge is 2.27. The Morgan fingerprint density at radius 1 is 1.58 bits per heavy atom. The van der Waals surface area contributed by atoms with Crippen LogP contribution in [0.2, 0.25) is 0 Å². The molecule has 1 nitrogen and oxygen atoms in total. The molecule has 0 aromatic heterocycles.